The molecule has 0 fully saturated rings. The highest BCUT2D eigenvalue weighted by Gasteiger charge is 2.03. The Balaban J connectivity index is 0.000000791. The summed E-state index contributed by atoms with van der Waals surface area (Å²) in [6.45, 7) is 12.0. The van der Waals surface area contributed by atoms with Crippen LogP contribution in [-0.4, -0.2) is 33.8 Å². The van der Waals surface area contributed by atoms with Crippen molar-refractivity contribution >= 4 is 17.3 Å². The summed E-state index contributed by atoms with van der Waals surface area (Å²) >= 11 is 1.22. The van der Waals surface area contributed by atoms with Gasteiger partial charge in [-0.15, -0.1) is 0 Å². The molecule has 0 N–H and O–H groups in total. The largest absolute Gasteiger partial charge is 0.302 e. The van der Waals surface area contributed by atoms with Crippen molar-refractivity contribution in [2.24, 2.45) is 0 Å². The standard InChI is InChI=1S/C8H13N3S.C2H6/c1-4-11(3)6-7(2)8-5-9-12-10-8;1-2/h5H,2,4,6H2,1,3H3;1-2H3. The predicted octanol–water partition coefficient (Wildman–Crippen LogP) is 2.53. The fourth-order valence-corrected chi connectivity index (χ4v) is 1.30. The van der Waals surface area contributed by atoms with Crippen molar-refractivity contribution in [1.82, 2.24) is 13.6 Å². The normalized spacial score (nSPS) is 9.50. The Morgan fingerprint density at radius 1 is 1.57 bits per heavy atom. The Kier molecular flexibility index (Phi) is 7.24. The molecule has 0 aromatic carbocycles. The van der Waals surface area contributed by atoms with Gasteiger partial charge in [-0.1, -0.05) is 27.4 Å². The second-order valence-electron chi connectivity index (χ2n) is 2.73. The molecule has 0 spiro atoms. The molecule has 1 rings (SSSR count). The second kappa shape index (κ2) is 7.64. The summed E-state index contributed by atoms with van der Waals surface area (Å²) in [5.74, 6) is 0. The summed E-state index contributed by atoms with van der Waals surface area (Å²) in [5, 5.41) is 0. The SMILES string of the molecule is C=C(CN(C)CC)c1cnsn1.CC. The average Bonchev–Trinajstić information content (AvgIpc) is 2.73. The van der Waals surface area contributed by atoms with Crippen LogP contribution in [0.15, 0.2) is 12.8 Å². The highest BCUT2D eigenvalue weighted by Crippen LogP contribution is 2.09. The minimum Gasteiger partial charge on any atom is -0.302 e. The summed E-state index contributed by atoms with van der Waals surface area (Å²) in [4.78, 5) is 2.18. The van der Waals surface area contributed by atoms with Crippen LogP contribution in [0.4, 0.5) is 0 Å². The van der Waals surface area contributed by atoms with E-state index in [1.807, 2.05) is 13.8 Å². The lowest BCUT2D eigenvalue weighted by Crippen LogP contribution is -2.19. The van der Waals surface area contributed by atoms with Gasteiger partial charge in [0.1, 0.15) is 5.69 Å². The molecule has 3 nitrogen and oxygen atoms in total. The smallest absolute Gasteiger partial charge is 0.101 e. The van der Waals surface area contributed by atoms with E-state index in [-0.39, 0.29) is 0 Å². The van der Waals surface area contributed by atoms with Crippen molar-refractivity contribution in [3.63, 3.8) is 0 Å². The molecule has 80 valence electrons. The minimum absolute atomic E-state index is 0.863. The van der Waals surface area contributed by atoms with Gasteiger partial charge in [0.05, 0.1) is 17.9 Å². The van der Waals surface area contributed by atoms with Crippen LogP contribution in [0.3, 0.4) is 0 Å². The second-order valence-corrected chi connectivity index (χ2v) is 3.28. The highest BCUT2D eigenvalue weighted by molar-refractivity contribution is 6.99. The van der Waals surface area contributed by atoms with Crippen LogP contribution in [0.1, 0.15) is 26.5 Å². The zero-order valence-electron chi connectivity index (χ0n) is 9.45. The molecule has 0 atom stereocenters. The van der Waals surface area contributed by atoms with Crippen molar-refractivity contribution in [1.29, 1.82) is 0 Å². The van der Waals surface area contributed by atoms with Crippen LogP contribution in [0, 0.1) is 0 Å². The molecule has 0 unspecified atom stereocenters. The van der Waals surface area contributed by atoms with Crippen molar-refractivity contribution in [3.05, 3.63) is 18.5 Å². The zero-order chi connectivity index (χ0) is 11.0. The van der Waals surface area contributed by atoms with Crippen LogP contribution in [0.5, 0.6) is 0 Å². The number of hydrogen-bond acceptors (Lipinski definition) is 4. The first-order valence-electron chi connectivity index (χ1n) is 4.88. The molecule has 0 aliphatic rings. The maximum Gasteiger partial charge on any atom is 0.101 e. The van der Waals surface area contributed by atoms with E-state index in [0.717, 1.165) is 24.4 Å². The number of hydrogen-bond donors (Lipinski definition) is 0. The number of nitrogens with zero attached hydrogens (tertiary/aromatic N) is 3. The van der Waals surface area contributed by atoms with Gasteiger partial charge in [-0.25, -0.2) is 0 Å². The lowest BCUT2D eigenvalue weighted by molar-refractivity contribution is 0.398. The van der Waals surface area contributed by atoms with Crippen LogP contribution in [-0.2, 0) is 0 Å². The zero-order valence-corrected chi connectivity index (χ0v) is 10.3. The third-order valence-corrected chi connectivity index (χ3v) is 2.20. The van der Waals surface area contributed by atoms with Crippen molar-refractivity contribution in [3.8, 4) is 0 Å². The van der Waals surface area contributed by atoms with Gasteiger partial charge in [0, 0.05) is 6.54 Å². The lowest BCUT2D eigenvalue weighted by atomic mass is 10.2. The van der Waals surface area contributed by atoms with Crippen LogP contribution in [0.2, 0.25) is 0 Å². The molecule has 4 heteroatoms. The molecule has 0 bridgehead atoms. The van der Waals surface area contributed by atoms with Crippen LogP contribution in [0.25, 0.3) is 5.57 Å². The van der Waals surface area contributed by atoms with Crippen molar-refractivity contribution < 1.29 is 0 Å². The Hall–Kier alpha value is -0.740. The van der Waals surface area contributed by atoms with Gasteiger partial charge in [0.2, 0.25) is 0 Å². The molecule has 0 aliphatic carbocycles. The molecule has 0 saturated carbocycles. The van der Waals surface area contributed by atoms with Gasteiger partial charge in [0.25, 0.3) is 0 Å². The predicted molar refractivity (Wildman–Crippen MR) is 63.5 cm³/mol. The third-order valence-electron chi connectivity index (χ3n) is 1.72. The fraction of sp³-hybridized carbons (Fsp3) is 0.600. The Morgan fingerprint density at radius 3 is 2.64 bits per heavy atom. The molecule has 1 heterocycles. The number of aromatic nitrogens is 2. The van der Waals surface area contributed by atoms with E-state index in [2.05, 4.69) is 34.2 Å². The van der Waals surface area contributed by atoms with Gasteiger partial charge in [-0.05, 0) is 19.2 Å². The molecule has 0 aliphatic heterocycles. The van der Waals surface area contributed by atoms with Crippen molar-refractivity contribution in [2.75, 3.05) is 20.1 Å². The van der Waals surface area contributed by atoms with E-state index in [4.69, 9.17) is 0 Å². The van der Waals surface area contributed by atoms with E-state index >= 15 is 0 Å². The van der Waals surface area contributed by atoms with Gasteiger partial charge in [0.15, 0.2) is 0 Å². The van der Waals surface area contributed by atoms with Gasteiger partial charge >= 0.3 is 0 Å². The van der Waals surface area contributed by atoms with E-state index in [9.17, 15) is 0 Å². The Labute approximate surface area is 90.8 Å². The molecular weight excluding hydrogens is 194 g/mol. The first-order valence-corrected chi connectivity index (χ1v) is 5.61. The minimum atomic E-state index is 0.863. The van der Waals surface area contributed by atoms with E-state index in [0.29, 0.717) is 0 Å². The molecule has 0 radical (unpaired) electrons. The fourth-order valence-electron chi connectivity index (χ4n) is 0.839. The summed E-state index contributed by atoms with van der Waals surface area (Å²) in [5.41, 5.74) is 1.95. The maximum atomic E-state index is 4.11. The van der Waals surface area contributed by atoms with E-state index in [1.165, 1.54) is 11.7 Å². The monoisotopic (exact) mass is 213 g/mol. The molecule has 1 aromatic heterocycles. The summed E-state index contributed by atoms with van der Waals surface area (Å²) in [7, 11) is 2.06. The molecule has 1 aromatic rings. The van der Waals surface area contributed by atoms with Crippen molar-refractivity contribution in [2.45, 2.75) is 20.8 Å². The van der Waals surface area contributed by atoms with E-state index < -0.39 is 0 Å². The average molecular weight is 213 g/mol. The van der Waals surface area contributed by atoms with Gasteiger partial charge in [-0.2, -0.15) is 8.75 Å². The summed E-state index contributed by atoms with van der Waals surface area (Å²) in [6, 6.07) is 0. The molecule has 0 amide bonds. The maximum absolute atomic E-state index is 4.11. The Morgan fingerprint density at radius 2 is 2.21 bits per heavy atom. The molecule has 14 heavy (non-hydrogen) atoms. The van der Waals surface area contributed by atoms with E-state index in [1.54, 1.807) is 6.20 Å². The molecule has 0 saturated heterocycles. The topological polar surface area (TPSA) is 29.0 Å². The highest BCUT2D eigenvalue weighted by atomic mass is 32.1. The van der Waals surface area contributed by atoms with Crippen LogP contribution < -0.4 is 0 Å². The van der Waals surface area contributed by atoms with Gasteiger partial charge in [-0.3, -0.25) is 0 Å². The summed E-state index contributed by atoms with van der Waals surface area (Å²) in [6.07, 6.45) is 1.76. The summed E-state index contributed by atoms with van der Waals surface area (Å²) < 4.78 is 8.04. The number of rotatable bonds is 4. The lowest BCUT2D eigenvalue weighted by Gasteiger charge is -2.13. The Bertz CT molecular complexity index is 244. The third kappa shape index (κ3) is 4.48. The first kappa shape index (κ1) is 13.3. The van der Waals surface area contributed by atoms with Gasteiger partial charge < -0.3 is 4.90 Å². The number of likely N-dealkylation sites (N-methyl/N-ethyl adjacent to an activating group) is 1. The van der Waals surface area contributed by atoms with Crippen LogP contribution >= 0.6 is 11.7 Å². The first-order chi connectivity index (χ1) is 6.74. The quantitative estimate of drug-likeness (QED) is 0.769. The molecular formula is C10H19N3S.